The van der Waals surface area contributed by atoms with Crippen molar-refractivity contribution in [3.05, 3.63) is 94.8 Å². The van der Waals surface area contributed by atoms with Crippen LogP contribution in [-0.4, -0.2) is 16.8 Å². The molecule has 1 heterocycles. The number of pyridine rings is 1. The molecule has 6 heteroatoms. The standard InChI is InChI=1S/C21H18ClN3O2/c1-14(15-6-3-2-4-7-15)24-21(27)19-12-16(10-11-23-19)20(26)25-18-9-5-8-17(22)13-18/h2-14H,1H3,(H,24,27)(H,25,26). The Morgan fingerprint density at radius 1 is 0.963 bits per heavy atom. The molecule has 0 fully saturated rings. The van der Waals surface area contributed by atoms with Gasteiger partial charge < -0.3 is 10.6 Å². The third-order valence-electron chi connectivity index (χ3n) is 3.98. The smallest absolute Gasteiger partial charge is 0.270 e. The van der Waals surface area contributed by atoms with Gasteiger partial charge in [0.1, 0.15) is 5.69 Å². The average Bonchev–Trinajstić information content (AvgIpc) is 2.68. The predicted octanol–water partition coefficient (Wildman–Crippen LogP) is 4.48. The molecule has 2 N–H and O–H groups in total. The summed E-state index contributed by atoms with van der Waals surface area (Å²) in [5.74, 6) is -0.686. The monoisotopic (exact) mass is 379 g/mol. The van der Waals surface area contributed by atoms with E-state index in [1.54, 1.807) is 30.3 Å². The van der Waals surface area contributed by atoms with Gasteiger partial charge in [-0.2, -0.15) is 0 Å². The molecule has 0 aliphatic rings. The molecule has 5 nitrogen and oxygen atoms in total. The summed E-state index contributed by atoms with van der Waals surface area (Å²) in [5, 5.41) is 6.16. The van der Waals surface area contributed by atoms with E-state index >= 15 is 0 Å². The highest BCUT2D eigenvalue weighted by molar-refractivity contribution is 6.31. The minimum absolute atomic E-state index is 0.176. The van der Waals surface area contributed by atoms with E-state index in [4.69, 9.17) is 11.6 Å². The Morgan fingerprint density at radius 3 is 2.48 bits per heavy atom. The van der Waals surface area contributed by atoms with Gasteiger partial charge >= 0.3 is 0 Å². The maximum absolute atomic E-state index is 12.5. The van der Waals surface area contributed by atoms with Crippen LogP contribution < -0.4 is 10.6 Å². The molecule has 1 aromatic heterocycles. The summed E-state index contributed by atoms with van der Waals surface area (Å²) in [6.07, 6.45) is 1.44. The van der Waals surface area contributed by atoms with Gasteiger partial charge in [-0.25, -0.2) is 0 Å². The molecule has 136 valence electrons. The lowest BCUT2D eigenvalue weighted by atomic mass is 10.1. The molecule has 0 radical (unpaired) electrons. The van der Waals surface area contributed by atoms with E-state index in [0.29, 0.717) is 16.3 Å². The van der Waals surface area contributed by atoms with Crippen molar-refractivity contribution in [1.29, 1.82) is 0 Å². The second kappa shape index (κ2) is 8.47. The molecule has 0 bridgehead atoms. The molecular formula is C21H18ClN3O2. The van der Waals surface area contributed by atoms with Gasteiger partial charge in [-0.15, -0.1) is 0 Å². The predicted molar refractivity (Wildman–Crippen MR) is 106 cm³/mol. The number of nitrogens with one attached hydrogen (secondary N) is 2. The second-order valence-electron chi connectivity index (χ2n) is 6.00. The number of carbonyl (C=O) groups is 2. The molecule has 0 saturated carbocycles. The quantitative estimate of drug-likeness (QED) is 0.686. The number of hydrogen-bond acceptors (Lipinski definition) is 3. The number of nitrogens with zero attached hydrogens (tertiary/aromatic N) is 1. The van der Waals surface area contributed by atoms with Crippen LogP contribution in [0.5, 0.6) is 0 Å². The van der Waals surface area contributed by atoms with Crippen molar-refractivity contribution in [3.63, 3.8) is 0 Å². The molecule has 27 heavy (non-hydrogen) atoms. The van der Waals surface area contributed by atoms with Crippen molar-refractivity contribution in [2.24, 2.45) is 0 Å². The first kappa shape index (κ1) is 18.6. The van der Waals surface area contributed by atoms with Crippen molar-refractivity contribution in [1.82, 2.24) is 10.3 Å². The number of anilines is 1. The number of carbonyl (C=O) groups excluding carboxylic acids is 2. The largest absolute Gasteiger partial charge is 0.344 e. The summed E-state index contributed by atoms with van der Waals surface area (Å²) in [6.45, 7) is 1.89. The minimum Gasteiger partial charge on any atom is -0.344 e. The van der Waals surface area contributed by atoms with Gasteiger partial charge in [0.05, 0.1) is 6.04 Å². The van der Waals surface area contributed by atoms with Gasteiger partial charge in [0.2, 0.25) is 0 Å². The van der Waals surface area contributed by atoms with E-state index in [0.717, 1.165) is 5.56 Å². The van der Waals surface area contributed by atoms with Gasteiger partial charge in [0.15, 0.2) is 0 Å². The van der Waals surface area contributed by atoms with Crippen LogP contribution in [-0.2, 0) is 0 Å². The highest BCUT2D eigenvalue weighted by atomic mass is 35.5. The first-order valence-electron chi connectivity index (χ1n) is 8.42. The van der Waals surface area contributed by atoms with Crippen LogP contribution in [0.3, 0.4) is 0 Å². The third kappa shape index (κ3) is 4.92. The van der Waals surface area contributed by atoms with Gasteiger partial charge in [-0.3, -0.25) is 14.6 Å². The van der Waals surface area contributed by atoms with Crippen molar-refractivity contribution in [2.75, 3.05) is 5.32 Å². The number of rotatable bonds is 5. The maximum Gasteiger partial charge on any atom is 0.270 e. The normalized spacial score (nSPS) is 11.5. The lowest BCUT2D eigenvalue weighted by Crippen LogP contribution is -2.27. The van der Waals surface area contributed by atoms with E-state index in [1.165, 1.54) is 12.3 Å². The zero-order valence-corrected chi connectivity index (χ0v) is 15.4. The second-order valence-corrected chi connectivity index (χ2v) is 6.44. The molecular weight excluding hydrogens is 362 g/mol. The Hall–Kier alpha value is -3.18. The Balaban J connectivity index is 1.71. The van der Waals surface area contributed by atoms with Gasteiger partial charge in [-0.1, -0.05) is 48.0 Å². The van der Waals surface area contributed by atoms with Crippen molar-refractivity contribution < 1.29 is 9.59 Å². The van der Waals surface area contributed by atoms with E-state index in [2.05, 4.69) is 15.6 Å². The van der Waals surface area contributed by atoms with E-state index in [9.17, 15) is 9.59 Å². The fraction of sp³-hybridized carbons (Fsp3) is 0.0952. The van der Waals surface area contributed by atoms with Crippen molar-refractivity contribution in [3.8, 4) is 0 Å². The highest BCUT2D eigenvalue weighted by Gasteiger charge is 2.15. The SMILES string of the molecule is CC(NC(=O)c1cc(C(=O)Nc2cccc(Cl)c2)ccn1)c1ccccc1. The number of benzene rings is 2. The number of halogens is 1. The Morgan fingerprint density at radius 2 is 1.74 bits per heavy atom. The average molecular weight is 380 g/mol. The number of aromatic nitrogens is 1. The summed E-state index contributed by atoms with van der Waals surface area (Å²) in [7, 11) is 0. The highest BCUT2D eigenvalue weighted by Crippen LogP contribution is 2.16. The molecule has 0 aliphatic heterocycles. The van der Waals surface area contributed by atoms with Crippen LogP contribution in [0.25, 0.3) is 0 Å². The van der Waals surface area contributed by atoms with E-state index in [-0.39, 0.29) is 23.6 Å². The number of hydrogen-bond donors (Lipinski definition) is 2. The molecule has 2 aromatic carbocycles. The van der Waals surface area contributed by atoms with Crippen LogP contribution >= 0.6 is 11.6 Å². The van der Waals surface area contributed by atoms with Gasteiger partial charge in [-0.05, 0) is 42.8 Å². The van der Waals surface area contributed by atoms with E-state index < -0.39 is 0 Å². The molecule has 0 saturated heterocycles. The molecule has 3 aromatic rings. The summed E-state index contributed by atoms with van der Waals surface area (Å²) in [5.41, 5.74) is 2.08. The fourth-order valence-electron chi connectivity index (χ4n) is 2.56. The van der Waals surface area contributed by atoms with Crippen LogP contribution in [0.1, 0.15) is 39.4 Å². The van der Waals surface area contributed by atoms with Crippen LogP contribution in [0.4, 0.5) is 5.69 Å². The van der Waals surface area contributed by atoms with Crippen molar-refractivity contribution in [2.45, 2.75) is 13.0 Å². The Bertz CT molecular complexity index is 960. The molecule has 1 atom stereocenters. The molecule has 1 unspecified atom stereocenters. The van der Waals surface area contributed by atoms with Crippen molar-refractivity contribution >= 4 is 29.1 Å². The summed E-state index contributed by atoms with van der Waals surface area (Å²) in [4.78, 5) is 29.0. The minimum atomic E-state index is -0.344. The Kier molecular flexibility index (Phi) is 5.84. The third-order valence-corrected chi connectivity index (χ3v) is 4.22. The number of amides is 2. The topological polar surface area (TPSA) is 71.1 Å². The first-order chi connectivity index (χ1) is 13.0. The molecule has 0 spiro atoms. The lowest BCUT2D eigenvalue weighted by molar-refractivity contribution is 0.0935. The van der Waals surface area contributed by atoms with Crippen LogP contribution in [0.2, 0.25) is 5.02 Å². The summed E-state index contributed by atoms with van der Waals surface area (Å²) in [6, 6.07) is 19.3. The summed E-state index contributed by atoms with van der Waals surface area (Å²) >= 11 is 5.93. The molecule has 2 amide bonds. The van der Waals surface area contributed by atoms with Gasteiger partial charge in [0.25, 0.3) is 11.8 Å². The lowest BCUT2D eigenvalue weighted by Gasteiger charge is -2.14. The fourth-order valence-corrected chi connectivity index (χ4v) is 2.75. The summed E-state index contributed by atoms with van der Waals surface area (Å²) < 4.78 is 0. The maximum atomic E-state index is 12.5. The van der Waals surface area contributed by atoms with Crippen LogP contribution in [0.15, 0.2) is 72.9 Å². The molecule has 3 rings (SSSR count). The van der Waals surface area contributed by atoms with Gasteiger partial charge in [0, 0.05) is 22.5 Å². The Labute approximate surface area is 162 Å². The molecule has 0 aliphatic carbocycles. The zero-order valence-electron chi connectivity index (χ0n) is 14.6. The van der Waals surface area contributed by atoms with Crippen LogP contribution in [0, 0.1) is 0 Å². The first-order valence-corrected chi connectivity index (χ1v) is 8.79. The zero-order chi connectivity index (χ0) is 19.2. The van der Waals surface area contributed by atoms with E-state index in [1.807, 2.05) is 37.3 Å².